The number of benzene rings is 1. The van der Waals surface area contributed by atoms with Crippen LogP contribution in [0.5, 0.6) is 0 Å². The topological polar surface area (TPSA) is 76.7 Å². The van der Waals surface area contributed by atoms with Crippen molar-refractivity contribution in [2.24, 2.45) is 0 Å². The lowest BCUT2D eigenvalue weighted by Crippen LogP contribution is -2.65. The summed E-state index contributed by atoms with van der Waals surface area (Å²) in [6.07, 6.45) is 0. The molecule has 0 radical (unpaired) electrons. The first-order valence-electron chi connectivity index (χ1n) is 9.82. The molecule has 2 atom stereocenters. The van der Waals surface area contributed by atoms with Gasteiger partial charge in [-0.15, -0.1) is 0 Å². The smallest absolute Gasteiger partial charge is 0.312 e. The second kappa shape index (κ2) is 8.78. The number of anilines is 1. The number of ketones is 1. The van der Waals surface area contributed by atoms with Gasteiger partial charge < -0.3 is 20.9 Å². The first-order valence-corrected chi connectivity index (χ1v) is 10.2. The molecule has 0 aromatic heterocycles. The number of nitrogens with zero attached hydrogens (tertiary/aromatic N) is 2. The van der Waals surface area contributed by atoms with Gasteiger partial charge in [0.05, 0.1) is 6.04 Å². The lowest BCUT2D eigenvalue weighted by Gasteiger charge is -2.43. The zero-order valence-electron chi connectivity index (χ0n) is 16.8. The number of urea groups is 1. The first kappa shape index (κ1) is 21.0. The maximum Gasteiger partial charge on any atom is 0.322 e. The van der Waals surface area contributed by atoms with Crippen LogP contribution in [-0.2, 0) is 4.79 Å². The third kappa shape index (κ3) is 5.03. The number of hydrogen-bond acceptors (Lipinski definition) is 5. The molecular formula is C20H30ClN5O2. The van der Waals surface area contributed by atoms with Crippen molar-refractivity contribution < 1.29 is 9.59 Å². The Kier molecular flexibility index (Phi) is 6.60. The normalized spacial score (nSPS) is 24.1. The molecule has 2 aliphatic heterocycles. The quantitative estimate of drug-likeness (QED) is 0.712. The SMILES string of the molecule is CC(C)(C)N1CCN[C@@H](C(=O)C2CNCCN2C(=O)Nc2cccc(Cl)c2)C1. The lowest BCUT2D eigenvalue weighted by molar-refractivity contribution is -0.127. The van der Waals surface area contributed by atoms with Crippen LogP contribution < -0.4 is 16.0 Å². The minimum absolute atomic E-state index is 0.00901. The third-order valence-corrected chi connectivity index (χ3v) is 5.61. The van der Waals surface area contributed by atoms with Crippen molar-refractivity contribution in [3.63, 3.8) is 0 Å². The Hall–Kier alpha value is -1.67. The molecule has 0 saturated carbocycles. The van der Waals surface area contributed by atoms with E-state index in [4.69, 9.17) is 11.6 Å². The van der Waals surface area contributed by atoms with E-state index < -0.39 is 6.04 Å². The molecule has 8 heteroatoms. The number of amides is 2. The van der Waals surface area contributed by atoms with Gasteiger partial charge in [-0.2, -0.15) is 0 Å². The van der Waals surface area contributed by atoms with Crippen LogP contribution in [0.15, 0.2) is 24.3 Å². The van der Waals surface area contributed by atoms with Gasteiger partial charge in [0.15, 0.2) is 5.78 Å². The van der Waals surface area contributed by atoms with Gasteiger partial charge >= 0.3 is 6.03 Å². The highest BCUT2D eigenvalue weighted by Crippen LogP contribution is 2.19. The summed E-state index contributed by atoms with van der Waals surface area (Å²) < 4.78 is 0. The Bertz CT molecular complexity index is 721. The molecule has 7 nitrogen and oxygen atoms in total. The van der Waals surface area contributed by atoms with Crippen molar-refractivity contribution in [2.75, 3.05) is 44.6 Å². The summed E-state index contributed by atoms with van der Waals surface area (Å²) in [4.78, 5) is 30.1. The number of carbonyl (C=O) groups is 2. The summed E-state index contributed by atoms with van der Waals surface area (Å²) in [5.41, 5.74) is 0.631. The van der Waals surface area contributed by atoms with Gasteiger partial charge in [-0.05, 0) is 39.0 Å². The van der Waals surface area contributed by atoms with Crippen LogP contribution in [0.2, 0.25) is 5.02 Å². The molecule has 1 unspecified atom stereocenters. The number of nitrogens with one attached hydrogen (secondary N) is 3. The Morgan fingerprint density at radius 3 is 2.71 bits per heavy atom. The summed E-state index contributed by atoms with van der Waals surface area (Å²) in [5.74, 6) is 0.0578. The van der Waals surface area contributed by atoms with Crippen molar-refractivity contribution in [3.8, 4) is 0 Å². The van der Waals surface area contributed by atoms with Gasteiger partial charge in [-0.3, -0.25) is 9.69 Å². The van der Waals surface area contributed by atoms with Crippen LogP contribution >= 0.6 is 11.6 Å². The van der Waals surface area contributed by atoms with Gasteiger partial charge in [0.1, 0.15) is 6.04 Å². The van der Waals surface area contributed by atoms with Gasteiger partial charge in [-0.25, -0.2) is 4.79 Å². The fraction of sp³-hybridized carbons (Fsp3) is 0.600. The number of rotatable bonds is 3. The summed E-state index contributed by atoms with van der Waals surface area (Å²) >= 11 is 6.00. The number of Topliss-reactive ketones (excluding diaryl/α,β-unsaturated/α-hetero) is 1. The molecule has 28 heavy (non-hydrogen) atoms. The molecular weight excluding hydrogens is 378 g/mol. The molecule has 2 aliphatic rings. The summed E-state index contributed by atoms with van der Waals surface area (Å²) in [6, 6.07) is 5.97. The van der Waals surface area contributed by atoms with Crippen LogP contribution in [0.3, 0.4) is 0 Å². The van der Waals surface area contributed by atoms with Crippen LogP contribution in [-0.4, -0.2) is 78.5 Å². The summed E-state index contributed by atoms with van der Waals surface area (Å²) in [7, 11) is 0. The number of piperazine rings is 2. The molecule has 0 spiro atoms. The Morgan fingerprint density at radius 2 is 2.00 bits per heavy atom. The standard InChI is InChI=1S/C20H30ClN5O2/c1-20(2,3)25-9-8-23-16(13-25)18(27)17-12-22-7-10-26(17)19(28)24-15-6-4-5-14(21)11-15/h4-6,11,16-17,22-23H,7-10,12-13H2,1-3H3,(H,24,28)/t16-,17?/m1/s1. The van der Waals surface area contributed by atoms with Gasteiger partial charge in [-0.1, -0.05) is 17.7 Å². The van der Waals surface area contributed by atoms with E-state index in [-0.39, 0.29) is 23.4 Å². The second-order valence-electron chi connectivity index (χ2n) is 8.38. The average Bonchev–Trinajstić information content (AvgIpc) is 2.67. The largest absolute Gasteiger partial charge is 0.322 e. The first-order chi connectivity index (χ1) is 13.3. The number of carbonyl (C=O) groups excluding carboxylic acids is 2. The molecule has 3 N–H and O–H groups in total. The highest BCUT2D eigenvalue weighted by Gasteiger charge is 2.39. The Labute approximate surface area is 171 Å². The zero-order chi connectivity index (χ0) is 20.3. The minimum Gasteiger partial charge on any atom is -0.312 e. The number of halogens is 1. The van der Waals surface area contributed by atoms with Crippen LogP contribution in [0.4, 0.5) is 10.5 Å². The van der Waals surface area contributed by atoms with E-state index in [1.54, 1.807) is 29.2 Å². The van der Waals surface area contributed by atoms with E-state index in [1.165, 1.54) is 0 Å². The van der Waals surface area contributed by atoms with Crippen molar-refractivity contribution in [1.29, 1.82) is 0 Å². The molecule has 2 saturated heterocycles. The van der Waals surface area contributed by atoms with E-state index in [0.717, 1.165) is 13.1 Å². The van der Waals surface area contributed by atoms with E-state index in [0.29, 0.717) is 36.9 Å². The molecule has 0 bridgehead atoms. The van der Waals surface area contributed by atoms with Crippen molar-refractivity contribution in [3.05, 3.63) is 29.3 Å². The Balaban J connectivity index is 1.70. The Morgan fingerprint density at radius 1 is 1.21 bits per heavy atom. The minimum atomic E-state index is -0.495. The maximum absolute atomic E-state index is 13.3. The van der Waals surface area contributed by atoms with Crippen LogP contribution in [0.25, 0.3) is 0 Å². The fourth-order valence-corrected chi connectivity index (χ4v) is 3.94. The van der Waals surface area contributed by atoms with Crippen molar-refractivity contribution in [1.82, 2.24) is 20.4 Å². The second-order valence-corrected chi connectivity index (χ2v) is 8.82. The monoisotopic (exact) mass is 407 g/mol. The zero-order valence-corrected chi connectivity index (χ0v) is 17.6. The number of hydrogen-bond donors (Lipinski definition) is 3. The molecule has 3 rings (SSSR count). The van der Waals surface area contributed by atoms with Gasteiger partial charge in [0.2, 0.25) is 0 Å². The predicted molar refractivity (Wildman–Crippen MR) is 112 cm³/mol. The third-order valence-electron chi connectivity index (χ3n) is 5.38. The molecule has 2 amide bonds. The van der Waals surface area contributed by atoms with E-state index in [2.05, 4.69) is 41.6 Å². The highest BCUT2D eigenvalue weighted by atomic mass is 35.5. The maximum atomic E-state index is 13.3. The molecule has 154 valence electrons. The van der Waals surface area contributed by atoms with Crippen LogP contribution in [0.1, 0.15) is 20.8 Å². The van der Waals surface area contributed by atoms with Gasteiger partial charge in [0.25, 0.3) is 0 Å². The molecule has 1 aromatic rings. The summed E-state index contributed by atoms with van der Waals surface area (Å²) in [6.45, 7) is 10.4. The van der Waals surface area contributed by atoms with Crippen molar-refractivity contribution >= 4 is 29.1 Å². The van der Waals surface area contributed by atoms with Crippen molar-refractivity contribution in [2.45, 2.75) is 38.4 Å². The van der Waals surface area contributed by atoms with E-state index in [9.17, 15) is 9.59 Å². The molecule has 0 aliphatic carbocycles. The highest BCUT2D eigenvalue weighted by molar-refractivity contribution is 6.30. The van der Waals surface area contributed by atoms with Gasteiger partial charge in [0, 0.05) is 55.5 Å². The molecule has 1 aromatic carbocycles. The average molecular weight is 408 g/mol. The summed E-state index contributed by atoms with van der Waals surface area (Å²) in [5, 5.41) is 10.0. The molecule has 2 fully saturated rings. The van der Waals surface area contributed by atoms with Crippen LogP contribution in [0, 0.1) is 0 Å². The molecule has 2 heterocycles. The fourth-order valence-electron chi connectivity index (χ4n) is 3.75. The predicted octanol–water partition coefficient (Wildman–Crippen LogP) is 1.79. The van der Waals surface area contributed by atoms with E-state index in [1.807, 2.05) is 0 Å². The lowest BCUT2D eigenvalue weighted by atomic mass is 9.97. The van der Waals surface area contributed by atoms with E-state index >= 15 is 0 Å².